The highest BCUT2D eigenvalue weighted by atomic mass is 79.9. The number of benzene rings is 2. The zero-order chi connectivity index (χ0) is 15.2. The Labute approximate surface area is 132 Å². The maximum absolute atomic E-state index is 12.3. The van der Waals surface area contributed by atoms with Gasteiger partial charge < -0.3 is 9.47 Å². The fourth-order valence-electron chi connectivity index (χ4n) is 1.87. The number of carbonyl (C=O) groups is 1. The van der Waals surface area contributed by atoms with Crippen LogP contribution < -0.4 is 9.47 Å². The van der Waals surface area contributed by atoms with Crippen molar-refractivity contribution >= 4 is 27.8 Å². The largest absolute Gasteiger partial charge is 0.493 e. The molecule has 0 aromatic heterocycles. The van der Waals surface area contributed by atoms with Gasteiger partial charge in [-0.25, -0.2) is 0 Å². The fourth-order valence-corrected chi connectivity index (χ4v) is 2.39. The number of halogens is 1. The van der Waals surface area contributed by atoms with Gasteiger partial charge in [0.15, 0.2) is 17.3 Å². The van der Waals surface area contributed by atoms with Gasteiger partial charge in [-0.2, -0.15) is 0 Å². The molecule has 21 heavy (non-hydrogen) atoms. The number of ether oxygens (including phenoxy) is 2. The van der Waals surface area contributed by atoms with Crippen LogP contribution in [0.3, 0.4) is 0 Å². The van der Waals surface area contributed by atoms with Gasteiger partial charge in [-0.05, 0) is 39.7 Å². The van der Waals surface area contributed by atoms with Crippen LogP contribution in [0, 0.1) is 0 Å². The Hall–Kier alpha value is -2.07. The topological polar surface area (TPSA) is 35.5 Å². The quantitative estimate of drug-likeness (QED) is 0.595. The van der Waals surface area contributed by atoms with Crippen molar-refractivity contribution in [2.45, 2.75) is 0 Å². The van der Waals surface area contributed by atoms with E-state index in [2.05, 4.69) is 15.9 Å². The fraction of sp³-hybridized carbons (Fsp3) is 0.118. The van der Waals surface area contributed by atoms with Crippen molar-refractivity contribution in [2.24, 2.45) is 0 Å². The Kier molecular flexibility index (Phi) is 5.17. The molecular weight excluding hydrogens is 332 g/mol. The molecule has 0 saturated heterocycles. The van der Waals surface area contributed by atoms with Crippen molar-refractivity contribution in [1.82, 2.24) is 0 Å². The van der Waals surface area contributed by atoms with Crippen LogP contribution in [0.2, 0.25) is 0 Å². The van der Waals surface area contributed by atoms with Gasteiger partial charge in [0, 0.05) is 10.0 Å². The average Bonchev–Trinajstić information content (AvgIpc) is 2.53. The molecule has 3 nitrogen and oxygen atoms in total. The second-order valence-corrected chi connectivity index (χ2v) is 5.15. The van der Waals surface area contributed by atoms with Crippen LogP contribution in [-0.4, -0.2) is 20.0 Å². The summed E-state index contributed by atoms with van der Waals surface area (Å²) in [6, 6.07) is 13.1. The molecular formula is C17H15BrO3. The standard InChI is InChI=1S/C17H15BrO3/c1-20-16-10-13(14(18)11-17(16)21-2)15(19)9-8-12-6-4-3-5-7-12/h3-11H,1-2H3/b9-8+. The van der Waals surface area contributed by atoms with E-state index >= 15 is 0 Å². The van der Waals surface area contributed by atoms with E-state index < -0.39 is 0 Å². The van der Waals surface area contributed by atoms with Gasteiger partial charge in [0.05, 0.1) is 14.2 Å². The summed E-state index contributed by atoms with van der Waals surface area (Å²) in [7, 11) is 3.10. The van der Waals surface area contributed by atoms with E-state index in [1.54, 1.807) is 38.5 Å². The predicted octanol–water partition coefficient (Wildman–Crippen LogP) is 4.36. The number of rotatable bonds is 5. The minimum atomic E-state index is -0.105. The number of ketones is 1. The molecule has 0 aliphatic carbocycles. The lowest BCUT2D eigenvalue weighted by Crippen LogP contribution is -1.99. The number of hydrogen-bond donors (Lipinski definition) is 0. The molecule has 0 radical (unpaired) electrons. The SMILES string of the molecule is COc1cc(Br)c(C(=O)/C=C/c2ccccc2)cc1OC. The molecule has 0 heterocycles. The van der Waals surface area contributed by atoms with Gasteiger partial charge in [0.25, 0.3) is 0 Å². The molecule has 0 bridgehead atoms. The van der Waals surface area contributed by atoms with Gasteiger partial charge in [-0.1, -0.05) is 36.4 Å². The first-order valence-electron chi connectivity index (χ1n) is 6.34. The lowest BCUT2D eigenvalue weighted by Gasteiger charge is -2.10. The van der Waals surface area contributed by atoms with Crippen LogP contribution in [0.5, 0.6) is 11.5 Å². The van der Waals surface area contributed by atoms with Crippen molar-refractivity contribution in [2.75, 3.05) is 14.2 Å². The third kappa shape index (κ3) is 3.73. The lowest BCUT2D eigenvalue weighted by atomic mass is 10.1. The Morgan fingerprint density at radius 3 is 2.29 bits per heavy atom. The predicted molar refractivity (Wildman–Crippen MR) is 87.1 cm³/mol. The van der Waals surface area contributed by atoms with Crippen LogP contribution in [0.15, 0.2) is 53.0 Å². The molecule has 0 unspecified atom stereocenters. The summed E-state index contributed by atoms with van der Waals surface area (Å²) in [6.45, 7) is 0. The third-order valence-corrected chi connectivity index (χ3v) is 3.62. The molecule has 0 aliphatic heterocycles. The van der Waals surface area contributed by atoms with Crippen LogP contribution in [0.4, 0.5) is 0 Å². The molecule has 108 valence electrons. The average molecular weight is 347 g/mol. The highest BCUT2D eigenvalue weighted by molar-refractivity contribution is 9.10. The van der Waals surface area contributed by atoms with Crippen LogP contribution in [0.25, 0.3) is 6.08 Å². The first-order valence-corrected chi connectivity index (χ1v) is 7.14. The van der Waals surface area contributed by atoms with Crippen molar-refractivity contribution in [3.63, 3.8) is 0 Å². The maximum Gasteiger partial charge on any atom is 0.187 e. The third-order valence-electron chi connectivity index (χ3n) is 2.97. The molecule has 2 aromatic rings. The molecule has 0 amide bonds. The molecule has 2 aromatic carbocycles. The van der Waals surface area contributed by atoms with Crippen molar-refractivity contribution in [3.8, 4) is 11.5 Å². The van der Waals surface area contributed by atoms with Gasteiger partial charge in [0.1, 0.15) is 0 Å². The zero-order valence-corrected chi connectivity index (χ0v) is 13.4. The van der Waals surface area contributed by atoms with Crippen molar-refractivity contribution in [1.29, 1.82) is 0 Å². The van der Waals surface area contributed by atoms with Gasteiger partial charge >= 0.3 is 0 Å². The molecule has 0 N–H and O–H groups in total. The molecule has 0 atom stereocenters. The number of methoxy groups -OCH3 is 2. The molecule has 0 fully saturated rings. The van der Waals surface area contributed by atoms with E-state index in [0.29, 0.717) is 21.5 Å². The number of allylic oxidation sites excluding steroid dienone is 1. The second kappa shape index (κ2) is 7.09. The summed E-state index contributed by atoms with van der Waals surface area (Å²) in [6.07, 6.45) is 3.33. The van der Waals surface area contributed by atoms with E-state index in [1.807, 2.05) is 30.3 Å². The molecule has 2 rings (SSSR count). The van der Waals surface area contributed by atoms with E-state index in [1.165, 1.54) is 0 Å². The smallest absolute Gasteiger partial charge is 0.187 e. The highest BCUT2D eigenvalue weighted by Gasteiger charge is 2.13. The summed E-state index contributed by atoms with van der Waals surface area (Å²) >= 11 is 3.39. The van der Waals surface area contributed by atoms with Crippen LogP contribution in [-0.2, 0) is 0 Å². The first-order chi connectivity index (χ1) is 10.2. The minimum absolute atomic E-state index is 0.105. The Bertz CT molecular complexity index is 663. The minimum Gasteiger partial charge on any atom is -0.493 e. The first kappa shape index (κ1) is 15.3. The van der Waals surface area contributed by atoms with Crippen molar-refractivity contribution in [3.05, 3.63) is 64.1 Å². The summed E-state index contributed by atoms with van der Waals surface area (Å²) in [5.41, 5.74) is 1.50. The summed E-state index contributed by atoms with van der Waals surface area (Å²) in [5, 5.41) is 0. The molecule has 0 aliphatic rings. The Balaban J connectivity index is 2.29. The Morgan fingerprint density at radius 1 is 1.05 bits per heavy atom. The summed E-state index contributed by atoms with van der Waals surface area (Å²) in [5.74, 6) is 0.997. The summed E-state index contributed by atoms with van der Waals surface area (Å²) in [4.78, 5) is 12.3. The monoisotopic (exact) mass is 346 g/mol. The van der Waals surface area contributed by atoms with E-state index in [-0.39, 0.29) is 5.78 Å². The normalized spacial score (nSPS) is 10.6. The van der Waals surface area contributed by atoms with Gasteiger partial charge in [0.2, 0.25) is 0 Å². The maximum atomic E-state index is 12.3. The van der Waals surface area contributed by atoms with Crippen molar-refractivity contribution < 1.29 is 14.3 Å². The lowest BCUT2D eigenvalue weighted by molar-refractivity contribution is 0.104. The summed E-state index contributed by atoms with van der Waals surface area (Å²) < 4.78 is 11.1. The molecule has 4 heteroatoms. The van der Waals surface area contributed by atoms with E-state index in [9.17, 15) is 4.79 Å². The number of hydrogen-bond acceptors (Lipinski definition) is 3. The second-order valence-electron chi connectivity index (χ2n) is 4.30. The van der Waals surface area contributed by atoms with E-state index in [4.69, 9.17) is 9.47 Å². The van der Waals surface area contributed by atoms with Crippen LogP contribution >= 0.6 is 15.9 Å². The highest BCUT2D eigenvalue weighted by Crippen LogP contribution is 2.33. The molecule has 0 saturated carbocycles. The Morgan fingerprint density at radius 2 is 1.67 bits per heavy atom. The zero-order valence-electron chi connectivity index (χ0n) is 11.8. The van der Waals surface area contributed by atoms with Gasteiger partial charge in [-0.3, -0.25) is 4.79 Å². The number of carbonyl (C=O) groups excluding carboxylic acids is 1. The van der Waals surface area contributed by atoms with Gasteiger partial charge in [-0.15, -0.1) is 0 Å². The van der Waals surface area contributed by atoms with Crippen LogP contribution in [0.1, 0.15) is 15.9 Å². The van der Waals surface area contributed by atoms with E-state index in [0.717, 1.165) is 5.56 Å². The molecule has 0 spiro atoms.